The third kappa shape index (κ3) is 5.75. The molecule has 1 saturated heterocycles. The van der Waals surface area contributed by atoms with Crippen LogP contribution in [0.15, 0.2) is 12.7 Å². The summed E-state index contributed by atoms with van der Waals surface area (Å²) in [6.45, 7) is 8.16. The Morgan fingerprint density at radius 2 is 2.14 bits per heavy atom. The van der Waals surface area contributed by atoms with Crippen LogP contribution >= 0.6 is 0 Å². The molecule has 0 radical (unpaired) electrons. The Bertz CT molecular complexity index is 437. The number of carboxylic acid groups (broad SMARTS) is 1. The Labute approximate surface area is 130 Å². The zero-order valence-electron chi connectivity index (χ0n) is 13.1. The molecule has 2 unspecified atom stereocenters. The van der Waals surface area contributed by atoms with Crippen molar-refractivity contribution < 1.29 is 19.5 Å². The Hall–Kier alpha value is -2.05. The third-order valence-corrected chi connectivity index (χ3v) is 3.63. The molecule has 1 rings (SSSR count). The van der Waals surface area contributed by atoms with E-state index in [0.29, 0.717) is 19.4 Å². The molecule has 0 aromatic carbocycles. The molecule has 0 aromatic heterocycles. The maximum atomic E-state index is 12.3. The first-order valence-corrected chi connectivity index (χ1v) is 7.53. The van der Waals surface area contributed by atoms with Gasteiger partial charge >= 0.3 is 6.09 Å². The van der Waals surface area contributed by atoms with Crippen molar-refractivity contribution in [3.63, 3.8) is 0 Å². The highest BCUT2D eigenvalue weighted by Gasteiger charge is 2.28. The summed E-state index contributed by atoms with van der Waals surface area (Å²) in [4.78, 5) is 34.7. The first kappa shape index (κ1) is 18.0. The molecule has 0 aromatic rings. The number of carbonyl (C=O) groups excluding carboxylic acids is 2. The predicted octanol–water partition coefficient (Wildman–Crippen LogP) is 0.866. The van der Waals surface area contributed by atoms with Gasteiger partial charge in [0.2, 0.25) is 11.8 Å². The molecule has 1 heterocycles. The van der Waals surface area contributed by atoms with Crippen LogP contribution in [0.4, 0.5) is 4.79 Å². The van der Waals surface area contributed by atoms with Crippen LogP contribution in [0.2, 0.25) is 0 Å². The fourth-order valence-electron chi connectivity index (χ4n) is 2.53. The van der Waals surface area contributed by atoms with Crippen LogP contribution in [0.3, 0.4) is 0 Å². The molecule has 7 nitrogen and oxygen atoms in total. The van der Waals surface area contributed by atoms with Gasteiger partial charge in [0, 0.05) is 18.5 Å². The lowest BCUT2D eigenvalue weighted by atomic mass is 9.97. The van der Waals surface area contributed by atoms with Gasteiger partial charge in [-0.25, -0.2) is 4.79 Å². The van der Waals surface area contributed by atoms with Crippen molar-refractivity contribution >= 4 is 17.9 Å². The number of hydrogen-bond donors (Lipinski definition) is 4. The summed E-state index contributed by atoms with van der Waals surface area (Å²) in [5, 5.41) is 16.6. The lowest BCUT2D eigenvalue weighted by Crippen LogP contribution is -2.50. The van der Waals surface area contributed by atoms with Gasteiger partial charge in [-0.2, -0.15) is 0 Å². The van der Waals surface area contributed by atoms with E-state index in [4.69, 9.17) is 5.11 Å². The second kappa shape index (κ2) is 8.41. The molecule has 1 aliphatic heterocycles. The van der Waals surface area contributed by atoms with E-state index in [2.05, 4.69) is 22.5 Å². The lowest BCUT2D eigenvalue weighted by Gasteiger charge is -2.23. The Kier molecular flexibility index (Phi) is 6.88. The molecular formula is C15H25N3O4. The van der Waals surface area contributed by atoms with Crippen molar-refractivity contribution in [1.29, 1.82) is 0 Å². The number of nitrogens with one attached hydrogen (secondary N) is 3. The van der Waals surface area contributed by atoms with Crippen LogP contribution < -0.4 is 16.0 Å². The van der Waals surface area contributed by atoms with Crippen molar-refractivity contribution in [3.05, 3.63) is 12.7 Å². The summed E-state index contributed by atoms with van der Waals surface area (Å²) in [5.74, 6) is -0.368. The second-order valence-electron chi connectivity index (χ2n) is 5.99. The highest BCUT2D eigenvalue weighted by molar-refractivity contribution is 5.86. The zero-order valence-corrected chi connectivity index (χ0v) is 13.1. The SMILES string of the molecule is C=CC(C[C@@H]1CCNC1=O)NC(=O)C(CC(C)C)NC(=O)O. The first-order chi connectivity index (χ1) is 10.3. The monoisotopic (exact) mass is 311 g/mol. The van der Waals surface area contributed by atoms with Crippen molar-refractivity contribution in [3.8, 4) is 0 Å². The van der Waals surface area contributed by atoms with Gasteiger partial charge in [-0.1, -0.05) is 19.9 Å². The van der Waals surface area contributed by atoms with E-state index >= 15 is 0 Å². The van der Waals surface area contributed by atoms with Gasteiger partial charge in [-0.15, -0.1) is 6.58 Å². The maximum Gasteiger partial charge on any atom is 0.405 e. The van der Waals surface area contributed by atoms with Crippen LogP contribution in [-0.2, 0) is 9.59 Å². The van der Waals surface area contributed by atoms with E-state index in [1.54, 1.807) is 6.08 Å². The fourth-order valence-corrected chi connectivity index (χ4v) is 2.53. The molecule has 22 heavy (non-hydrogen) atoms. The molecule has 0 bridgehead atoms. The Morgan fingerprint density at radius 1 is 1.45 bits per heavy atom. The van der Waals surface area contributed by atoms with Crippen LogP contribution in [0, 0.1) is 11.8 Å². The molecule has 3 atom stereocenters. The predicted molar refractivity (Wildman–Crippen MR) is 82.3 cm³/mol. The molecule has 0 saturated carbocycles. The molecule has 7 heteroatoms. The van der Waals surface area contributed by atoms with Crippen molar-refractivity contribution in [2.45, 2.75) is 45.2 Å². The summed E-state index contributed by atoms with van der Waals surface area (Å²) in [7, 11) is 0. The Morgan fingerprint density at radius 3 is 2.59 bits per heavy atom. The third-order valence-electron chi connectivity index (χ3n) is 3.63. The standard InChI is InChI=1S/C15H25N3O4/c1-4-11(8-10-5-6-16-13(10)19)17-14(20)12(7-9(2)3)18-15(21)22/h4,9-12,18H,1,5-8H2,2-3H3,(H,16,19)(H,17,20)(H,21,22)/t10-,11?,12?/m0/s1. The molecule has 4 N–H and O–H groups in total. The van der Waals surface area contributed by atoms with Gasteiger partial charge in [0.1, 0.15) is 6.04 Å². The topological polar surface area (TPSA) is 108 Å². The minimum absolute atomic E-state index is 0.0107. The van der Waals surface area contributed by atoms with E-state index in [1.807, 2.05) is 13.8 Å². The van der Waals surface area contributed by atoms with Gasteiger partial charge in [0.05, 0.1) is 0 Å². The van der Waals surface area contributed by atoms with Gasteiger partial charge in [-0.3, -0.25) is 9.59 Å². The normalized spacial score (nSPS) is 20.1. The molecule has 0 aliphatic carbocycles. The average Bonchev–Trinajstić information content (AvgIpc) is 2.81. The number of rotatable bonds is 8. The van der Waals surface area contributed by atoms with Crippen LogP contribution in [0.5, 0.6) is 0 Å². The largest absolute Gasteiger partial charge is 0.465 e. The number of hydrogen-bond acceptors (Lipinski definition) is 3. The summed E-state index contributed by atoms with van der Waals surface area (Å²) in [6.07, 6.45) is 1.97. The van der Waals surface area contributed by atoms with Crippen LogP contribution in [0.25, 0.3) is 0 Å². The Balaban J connectivity index is 2.61. The van der Waals surface area contributed by atoms with E-state index < -0.39 is 12.1 Å². The molecule has 1 aliphatic rings. The summed E-state index contributed by atoms with van der Waals surface area (Å²) >= 11 is 0. The maximum absolute atomic E-state index is 12.3. The molecular weight excluding hydrogens is 286 g/mol. The van der Waals surface area contributed by atoms with E-state index in [0.717, 1.165) is 6.42 Å². The number of carbonyl (C=O) groups is 3. The lowest BCUT2D eigenvalue weighted by molar-refractivity contribution is -0.125. The van der Waals surface area contributed by atoms with E-state index in [-0.39, 0.29) is 29.7 Å². The van der Waals surface area contributed by atoms with Crippen LogP contribution in [0.1, 0.15) is 33.1 Å². The smallest absolute Gasteiger partial charge is 0.405 e. The molecule has 1 fully saturated rings. The highest BCUT2D eigenvalue weighted by atomic mass is 16.4. The average molecular weight is 311 g/mol. The highest BCUT2D eigenvalue weighted by Crippen LogP contribution is 2.17. The number of amides is 3. The summed E-state index contributed by atoms with van der Waals surface area (Å²) in [5.41, 5.74) is 0. The van der Waals surface area contributed by atoms with Gasteiger partial charge in [-0.05, 0) is 25.2 Å². The van der Waals surface area contributed by atoms with Gasteiger partial charge in [0.25, 0.3) is 0 Å². The summed E-state index contributed by atoms with van der Waals surface area (Å²) < 4.78 is 0. The molecule has 124 valence electrons. The fraction of sp³-hybridized carbons (Fsp3) is 0.667. The minimum Gasteiger partial charge on any atom is -0.465 e. The van der Waals surface area contributed by atoms with Crippen LogP contribution in [-0.4, -0.2) is 41.6 Å². The van der Waals surface area contributed by atoms with Crippen molar-refractivity contribution in [2.75, 3.05) is 6.54 Å². The first-order valence-electron chi connectivity index (χ1n) is 7.53. The zero-order chi connectivity index (χ0) is 16.7. The minimum atomic E-state index is -1.23. The van der Waals surface area contributed by atoms with Gasteiger partial charge < -0.3 is 21.1 Å². The molecule has 3 amide bonds. The quantitative estimate of drug-likeness (QED) is 0.499. The van der Waals surface area contributed by atoms with Gasteiger partial charge in [0.15, 0.2) is 0 Å². The van der Waals surface area contributed by atoms with E-state index in [9.17, 15) is 14.4 Å². The van der Waals surface area contributed by atoms with Crippen molar-refractivity contribution in [1.82, 2.24) is 16.0 Å². The molecule has 0 spiro atoms. The second-order valence-corrected chi connectivity index (χ2v) is 5.99. The van der Waals surface area contributed by atoms with E-state index in [1.165, 1.54) is 0 Å². The van der Waals surface area contributed by atoms with Crippen molar-refractivity contribution in [2.24, 2.45) is 11.8 Å². The summed E-state index contributed by atoms with van der Waals surface area (Å²) in [6, 6.07) is -1.16.